The average Bonchev–Trinajstić information content (AvgIpc) is 2.98. The lowest BCUT2D eigenvalue weighted by molar-refractivity contribution is -0.119. The normalized spacial score (nSPS) is 23.3. The van der Waals surface area contributed by atoms with Crippen LogP contribution in [-0.2, 0) is 9.53 Å². The monoisotopic (exact) mass is 328 g/mol. The summed E-state index contributed by atoms with van der Waals surface area (Å²) in [6.07, 6.45) is 7.53. The molecule has 1 unspecified atom stereocenters. The fraction of sp³-hybridized carbons (Fsp3) is 0.611. The number of anilines is 1. The number of nitrogens with zero attached hydrogens (tertiary/aromatic N) is 3. The molecular formula is C18H24N4O2. The first-order valence-corrected chi connectivity index (χ1v) is 8.82. The molecule has 0 bridgehead atoms. The molecule has 2 aliphatic rings. The fourth-order valence-corrected chi connectivity index (χ4v) is 3.61. The molecule has 2 fully saturated rings. The van der Waals surface area contributed by atoms with E-state index in [0.29, 0.717) is 18.4 Å². The van der Waals surface area contributed by atoms with Gasteiger partial charge in [0.05, 0.1) is 18.1 Å². The lowest BCUT2D eigenvalue weighted by atomic mass is 9.93. The average molecular weight is 328 g/mol. The minimum atomic E-state index is -0.117. The van der Waals surface area contributed by atoms with Crippen LogP contribution in [0.15, 0.2) is 18.3 Å². The Bertz CT molecular complexity index is 763. The third-order valence-electron chi connectivity index (χ3n) is 5.11. The van der Waals surface area contributed by atoms with Gasteiger partial charge in [0.1, 0.15) is 5.52 Å². The summed E-state index contributed by atoms with van der Waals surface area (Å²) in [6, 6.07) is 4.21. The third-order valence-corrected chi connectivity index (χ3v) is 5.11. The molecule has 1 aliphatic carbocycles. The molecule has 3 heterocycles. The number of hydrogen-bond donors (Lipinski definition) is 1. The number of nitrogens with one attached hydrogen (secondary N) is 1. The summed E-state index contributed by atoms with van der Waals surface area (Å²) in [4.78, 5) is 21.5. The molecule has 0 aromatic carbocycles. The van der Waals surface area contributed by atoms with Crippen molar-refractivity contribution >= 4 is 23.0 Å². The van der Waals surface area contributed by atoms with Crippen molar-refractivity contribution in [3.05, 3.63) is 18.3 Å². The summed E-state index contributed by atoms with van der Waals surface area (Å²) in [7, 11) is 0. The number of hydrogen-bond acceptors (Lipinski definition) is 4. The maximum absolute atomic E-state index is 12.5. The van der Waals surface area contributed by atoms with Crippen LogP contribution >= 0.6 is 0 Å². The highest BCUT2D eigenvalue weighted by atomic mass is 16.5. The summed E-state index contributed by atoms with van der Waals surface area (Å²) in [6.45, 7) is 4.15. The predicted molar refractivity (Wildman–Crippen MR) is 91.8 cm³/mol. The minimum Gasteiger partial charge on any atom is -0.372 e. The zero-order valence-electron chi connectivity index (χ0n) is 14.3. The molecule has 128 valence electrons. The summed E-state index contributed by atoms with van der Waals surface area (Å²) < 4.78 is 8.02. The van der Waals surface area contributed by atoms with E-state index < -0.39 is 0 Å². The number of imidazole rings is 1. The molecule has 1 saturated carbocycles. The molecule has 1 saturated heterocycles. The molecule has 1 atom stereocenters. The van der Waals surface area contributed by atoms with E-state index in [9.17, 15) is 4.79 Å². The van der Waals surface area contributed by atoms with Crippen LogP contribution in [0.1, 0.15) is 58.4 Å². The Hall–Kier alpha value is -1.95. The topological polar surface area (TPSA) is 69.0 Å². The number of pyridine rings is 1. The molecular weight excluding hydrogens is 304 g/mol. The molecule has 1 amide bonds. The van der Waals surface area contributed by atoms with Gasteiger partial charge >= 0.3 is 0 Å². The van der Waals surface area contributed by atoms with E-state index in [4.69, 9.17) is 4.74 Å². The van der Waals surface area contributed by atoms with Crippen LogP contribution in [0.25, 0.3) is 11.2 Å². The molecule has 2 aromatic rings. The number of amides is 1. The van der Waals surface area contributed by atoms with Crippen molar-refractivity contribution in [1.29, 1.82) is 0 Å². The van der Waals surface area contributed by atoms with Gasteiger partial charge in [-0.25, -0.2) is 9.97 Å². The van der Waals surface area contributed by atoms with Crippen LogP contribution in [0.3, 0.4) is 0 Å². The van der Waals surface area contributed by atoms with Crippen molar-refractivity contribution in [2.75, 3.05) is 5.32 Å². The largest absolute Gasteiger partial charge is 0.372 e. The SMILES string of the molecule is CC1(C)CCC(CC(=O)Nc2nc3cccnc3n2C2CCC2)O1. The van der Waals surface area contributed by atoms with Crippen molar-refractivity contribution in [3.63, 3.8) is 0 Å². The predicted octanol–water partition coefficient (Wildman–Crippen LogP) is 3.44. The highest BCUT2D eigenvalue weighted by molar-refractivity contribution is 5.91. The zero-order chi connectivity index (χ0) is 16.7. The Balaban J connectivity index is 1.52. The third kappa shape index (κ3) is 2.90. The van der Waals surface area contributed by atoms with Crippen molar-refractivity contribution in [3.8, 4) is 0 Å². The van der Waals surface area contributed by atoms with Crippen LogP contribution in [-0.4, -0.2) is 32.1 Å². The Morgan fingerprint density at radius 2 is 2.25 bits per heavy atom. The Morgan fingerprint density at radius 1 is 1.42 bits per heavy atom. The summed E-state index contributed by atoms with van der Waals surface area (Å²) in [5.74, 6) is 0.587. The zero-order valence-corrected chi connectivity index (χ0v) is 14.3. The van der Waals surface area contributed by atoms with Gasteiger partial charge in [-0.3, -0.25) is 14.7 Å². The van der Waals surface area contributed by atoms with Gasteiger partial charge in [-0.1, -0.05) is 0 Å². The Morgan fingerprint density at radius 3 is 2.92 bits per heavy atom. The van der Waals surface area contributed by atoms with E-state index in [2.05, 4.69) is 33.7 Å². The molecule has 1 aliphatic heterocycles. The van der Waals surface area contributed by atoms with Crippen molar-refractivity contribution in [2.45, 2.75) is 70.1 Å². The smallest absolute Gasteiger partial charge is 0.229 e. The van der Waals surface area contributed by atoms with Gasteiger partial charge in [-0.2, -0.15) is 0 Å². The maximum Gasteiger partial charge on any atom is 0.229 e. The minimum absolute atomic E-state index is 0.000318. The van der Waals surface area contributed by atoms with Gasteiger partial charge in [0.15, 0.2) is 5.65 Å². The van der Waals surface area contributed by atoms with E-state index in [1.165, 1.54) is 6.42 Å². The second kappa shape index (κ2) is 5.84. The molecule has 6 nitrogen and oxygen atoms in total. The molecule has 0 spiro atoms. The van der Waals surface area contributed by atoms with Crippen LogP contribution < -0.4 is 5.32 Å². The number of carbonyl (C=O) groups is 1. The Kier molecular flexibility index (Phi) is 3.79. The van der Waals surface area contributed by atoms with E-state index in [1.54, 1.807) is 6.20 Å². The van der Waals surface area contributed by atoms with Crippen LogP contribution in [0, 0.1) is 0 Å². The first-order chi connectivity index (χ1) is 11.5. The lowest BCUT2D eigenvalue weighted by Crippen LogP contribution is -2.26. The fourth-order valence-electron chi connectivity index (χ4n) is 3.61. The number of carbonyl (C=O) groups excluding carboxylic acids is 1. The van der Waals surface area contributed by atoms with E-state index in [0.717, 1.165) is 36.8 Å². The van der Waals surface area contributed by atoms with Gasteiger partial charge in [0, 0.05) is 12.2 Å². The molecule has 1 N–H and O–H groups in total. The van der Waals surface area contributed by atoms with Gasteiger partial charge in [0.2, 0.25) is 11.9 Å². The maximum atomic E-state index is 12.5. The summed E-state index contributed by atoms with van der Waals surface area (Å²) >= 11 is 0. The van der Waals surface area contributed by atoms with Crippen LogP contribution in [0.4, 0.5) is 5.95 Å². The standard InChI is InChI=1S/C18H24N4O2/c1-18(2)9-8-13(24-18)11-15(23)21-17-20-14-7-4-10-19-16(14)22(17)12-5-3-6-12/h4,7,10,12-13H,3,5-6,8-9,11H2,1-2H3,(H,20,21,23). The van der Waals surface area contributed by atoms with Gasteiger partial charge < -0.3 is 4.74 Å². The van der Waals surface area contributed by atoms with Gasteiger partial charge in [-0.05, 0) is 58.1 Å². The first-order valence-electron chi connectivity index (χ1n) is 8.82. The van der Waals surface area contributed by atoms with E-state index in [-0.39, 0.29) is 17.6 Å². The van der Waals surface area contributed by atoms with Crippen LogP contribution in [0.5, 0.6) is 0 Å². The quantitative estimate of drug-likeness (QED) is 0.933. The number of rotatable bonds is 4. The highest BCUT2D eigenvalue weighted by Crippen LogP contribution is 2.36. The molecule has 2 aromatic heterocycles. The molecule has 0 radical (unpaired) electrons. The summed E-state index contributed by atoms with van der Waals surface area (Å²) in [5, 5.41) is 3.00. The lowest BCUT2D eigenvalue weighted by Gasteiger charge is -2.28. The molecule has 4 rings (SSSR count). The second-order valence-corrected chi connectivity index (χ2v) is 7.53. The first kappa shape index (κ1) is 15.6. The number of fused-ring (bicyclic) bond motifs is 1. The molecule has 24 heavy (non-hydrogen) atoms. The summed E-state index contributed by atoms with van der Waals surface area (Å²) in [5.41, 5.74) is 1.57. The number of ether oxygens (including phenoxy) is 1. The van der Waals surface area contributed by atoms with E-state index in [1.807, 2.05) is 12.1 Å². The van der Waals surface area contributed by atoms with E-state index >= 15 is 0 Å². The van der Waals surface area contributed by atoms with Crippen LogP contribution in [0.2, 0.25) is 0 Å². The van der Waals surface area contributed by atoms with Crippen molar-refractivity contribution < 1.29 is 9.53 Å². The van der Waals surface area contributed by atoms with Crippen molar-refractivity contribution in [1.82, 2.24) is 14.5 Å². The number of aromatic nitrogens is 3. The van der Waals surface area contributed by atoms with Gasteiger partial charge in [0.25, 0.3) is 0 Å². The molecule has 6 heteroatoms. The second-order valence-electron chi connectivity index (χ2n) is 7.53. The highest BCUT2D eigenvalue weighted by Gasteiger charge is 2.33. The Labute approximate surface area is 141 Å². The van der Waals surface area contributed by atoms with Crippen molar-refractivity contribution in [2.24, 2.45) is 0 Å². The van der Waals surface area contributed by atoms with Gasteiger partial charge in [-0.15, -0.1) is 0 Å².